The minimum absolute atomic E-state index is 0.000218. The van der Waals surface area contributed by atoms with E-state index in [0.29, 0.717) is 51.0 Å². The summed E-state index contributed by atoms with van der Waals surface area (Å²) in [7, 11) is -2.64. The first kappa shape index (κ1) is 46.0. The van der Waals surface area contributed by atoms with Gasteiger partial charge < -0.3 is 19.5 Å². The molecule has 1 aliphatic heterocycles. The Kier molecular flexibility index (Phi) is 12.8. The smallest absolute Gasteiger partial charge is 0.333 e. The number of pyridine rings is 1. The van der Waals surface area contributed by atoms with Crippen molar-refractivity contribution >= 4 is 55.2 Å². The number of aromatic nitrogens is 3. The predicted octanol–water partition coefficient (Wildman–Crippen LogP) is 9.17. The molecule has 14 nitrogen and oxygen atoms in total. The van der Waals surface area contributed by atoms with Crippen LogP contribution in [0.5, 0.6) is 17.5 Å². The number of carbonyl (C=O) groups is 2. The van der Waals surface area contributed by atoms with Gasteiger partial charge >= 0.3 is 15.9 Å². The molecular weight excluding hydrogens is 924 g/mol. The van der Waals surface area contributed by atoms with Gasteiger partial charge in [0.05, 0.1) is 11.0 Å². The van der Waals surface area contributed by atoms with Crippen LogP contribution in [0.1, 0.15) is 28.7 Å². The lowest BCUT2D eigenvalue weighted by Gasteiger charge is -2.21. The van der Waals surface area contributed by atoms with E-state index in [1.54, 1.807) is 34.4 Å². The number of halogens is 1. The molecular formula is C55H45FN6O8S. The molecule has 0 saturated carbocycles. The molecule has 1 aliphatic rings. The van der Waals surface area contributed by atoms with Crippen LogP contribution in [0.15, 0.2) is 175 Å². The van der Waals surface area contributed by atoms with Gasteiger partial charge in [-0.1, -0.05) is 121 Å². The normalized spacial score (nSPS) is 13.0. The highest BCUT2D eigenvalue weighted by atomic mass is 32.2. The minimum Gasteiger partial charge on any atom is -0.487 e. The average Bonchev–Trinajstić information content (AvgIpc) is 3.81. The highest BCUT2D eigenvalue weighted by Gasteiger charge is 2.38. The van der Waals surface area contributed by atoms with Gasteiger partial charge in [-0.25, -0.2) is 18.2 Å². The van der Waals surface area contributed by atoms with Crippen LogP contribution in [-0.2, 0) is 53.1 Å². The fourth-order valence-electron chi connectivity index (χ4n) is 8.50. The van der Waals surface area contributed by atoms with Crippen LogP contribution in [0.25, 0.3) is 38.6 Å². The van der Waals surface area contributed by atoms with Crippen molar-refractivity contribution in [2.24, 2.45) is 7.05 Å². The molecule has 16 heteroatoms. The Labute approximate surface area is 407 Å². The Morgan fingerprint density at radius 1 is 0.690 bits per heavy atom. The maximum absolute atomic E-state index is 16.3. The van der Waals surface area contributed by atoms with Crippen molar-refractivity contribution in [3.05, 3.63) is 208 Å². The van der Waals surface area contributed by atoms with Gasteiger partial charge in [0.25, 0.3) is 5.91 Å². The van der Waals surface area contributed by atoms with Gasteiger partial charge in [-0.15, -0.1) is 0 Å². The first-order valence-corrected chi connectivity index (χ1v) is 24.1. The lowest BCUT2D eigenvalue weighted by atomic mass is 10.0. The summed E-state index contributed by atoms with van der Waals surface area (Å²) in [5.74, 6) is -1.47. The van der Waals surface area contributed by atoms with Crippen LogP contribution in [0.2, 0.25) is 0 Å². The maximum Gasteiger partial charge on any atom is 0.333 e. The zero-order valence-electron chi connectivity index (χ0n) is 38.2. The Bertz CT molecular complexity index is 3650. The molecule has 0 aliphatic carbocycles. The highest BCUT2D eigenvalue weighted by molar-refractivity contribution is 7.92. The summed E-state index contributed by atoms with van der Waals surface area (Å²) in [6.07, 6.45) is 0.532. The number of amides is 2. The number of carbonyl (C=O) groups excluding carboxylic acids is 2. The van der Waals surface area contributed by atoms with E-state index < -0.39 is 34.2 Å². The Balaban J connectivity index is 0.862. The molecule has 2 amide bonds. The maximum atomic E-state index is 16.3. The summed E-state index contributed by atoms with van der Waals surface area (Å²) in [6, 6.07) is 51.8. The van der Waals surface area contributed by atoms with Crippen molar-refractivity contribution in [1.29, 1.82) is 0 Å². The minimum atomic E-state index is -4.36. The Morgan fingerprint density at radius 3 is 2.01 bits per heavy atom. The number of ether oxygens (including phenoxy) is 3. The van der Waals surface area contributed by atoms with E-state index in [2.05, 4.69) is 5.32 Å². The van der Waals surface area contributed by atoms with E-state index in [9.17, 15) is 22.8 Å². The lowest BCUT2D eigenvalue weighted by Crippen LogP contribution is -2.30. The fourth-order valence-corrected chi connectivity index (χ4v) is 9.66. The molecule has 10 rings (SSSR count). The van der Waals surface area contributed by atoms with Gasteiger partial charge in [0, 0.05) is 30.6 Å². The fraction of sp³-hybridized carbons (Fsp3) is 0.127. The topological polar surface area (TPSA) is 163 Å². The van der Waals surface area contributed by atoms with Gasteiger partial charge in [0.2, 0.25) is 17.7 Å². The van der Waals surface area contributed by atoms with Crippen molar-refractivity contribution < 1.29 is 36.6 Å². The number of fused-ring (bicyclic) bond motifs is 2. The van der Waals surface area contributed by atoms with Gasteiger partial charge in [-0.2, -0.15) is 13.4 Å². The first-order chi connectivity index (χ1) is 34.5. The molecule has 71 heavy (non-hydrogen) atoms. The number of nitrogens with one attached hydrogen (secondary N) is 2. The SMILES string of the molecule is Cn1c(=O)n(-c2ccc(OCc3ccccc3)nc2OCc2ccccc2)c2ccc(-c3cccc(CCC(=O)Nc4ccc5c(F)c(N6CC(=O)NS6(=O)=O)c(OCc6ccccc6)cc5c4)c3)cc21. The van der Waals surface area contributed by atoms with Crippen LogP contribution in [0.3, 0.4) is 0 Å². The van der Waals surface area contributed by atoms with Crippen molar-refractivity contribution in [3.8, 4) is 34.3 Å². The van der Waals surface area contributed by atoms with Crippen LogP contribution < -0.4 is 34.2 Å². The first-order valence-electron chi connectivity index (χ1n) is 22.7. The molecule has 9 aromatic rings. The van der Waals surface area contributed by atoms with E-state index in [0.717, 1.165) is 33.4 Å². The molecule has 0 unspecified atom stereocenters. The van der Waals surface area contributed by atoms with E-state index in [-0.39, 0.29) is 48.2 Å². The molecule has 2 N–H and O–H groups in total. The van der Waals surface area contributed by atoms with Gasteiger partial charge in [0.15, 0.2) is 5.82 Å². The van der Waals surface area contributed by atoms with E-state index in [1.807, 2.05) is 138 Å². The standard InChI is InChI=1S/C55H45FN6O8S/c1-60-47-30-41(21-24-45(47)62(55(60)65)46-25-27-51(69-34-38-14-7-3-8-15-38)58-54(46)70-35-39-16-9-4-10-17-39)40-19-11-18-36(28-40)20-26-49(63)57-43-22-23-44-42(29-43)31-48(68-33-37-12-5-2-6-13-37)53(52(44)56)61-32-50(64)59-71(61,66)67/h2-19,21-25,27-31H,20,26,32-35H2,1H3,(H,57,63)(H,59,64). The second kappa shape index (κ2) is 19.7. The van der Waals surface area contributed by atoms with Crippen molar-refractivity contribution in [1.82, 2.24) is 18.8 Å². The largest absolute Gasteiger partial charge is 0.487 e. The molecule has 1 fully saturated rings. The van der Waals surface area contributed by atoms with Crippen LogP contribution in [-0.4, -0.2) is 40.9 Å². The number of anilines is 2. The Hall–Kier alpha value is -8.76. The zero-order valence-corrected chi connectivity index (χ0v) is 39.1. The summed E-state index contributed by atoms with van der Waals surface area (Å²) in [5, 5.41) is 3.31. The van der Waals surface area contributed by atoms with Crippen molar-refractivity contribution in [2.75, 3.05) is 16.2 Å². The molecule has 356 valence electrons. The third-order valence-electron chi connectivity index (χ3n) is 12.1. The van der Waals surface area contributed by atoms with E-state index in [4.69, 9.17) is 19.2 Å². The number of aryl methyl sites for hydroxylation is 2. The number of imidazole rings is 1. The third-order valence-corrected chi connectivity index (χ3v) is 13.4. The predicted molar refractivity (Wildman–Crippen MR) is 269 cm³/mol. The molecule has 7 aromatic carbocycles. The van der Waals surface area contributed by atoms with Crippen molar-refractivity contribution in [2.45, 2.75) is 32.7 Å². The number of hydrogen-bond acceptors (Lipinski definition) is 9. The summed E-state index contributed by atoms with van der Waals surface area (Å²) in [6.45, 7) is -0.0753. The molecule has 0 radical (unpaired) electrons. The number of rotatable bonds is 16. The summed E-state index contributed by atoms with van der Waals surface area (Å²) in [4.78, 5) is 44.3. The molecule has 0 atom stereocenters. The number of hydrogen-bond donors (Lipinski definition) is 2. The number of nitrogens with zero attached hydrogens (tertiary/aromatic N) is 4. The van der Waals surface area contributed by atoms with Crippen LogP contribution in [0, 0.1) is 5.82 Å². The molecule has 3 heterocycles. The Morgan fingerprint density at radius 2 is 1.34 bits per heavy atom. The monoisotopic (exact) mass is 968 g/mol. The van der Waals surface area contributed by atoms with Gasteiger partial charge in [-0.05, 0) is 87.7 Å². The second-order valence-corrected chi connectivity index (χ2v) is 18.5. The van der Waals surface area contributed by atoms with Gasteiger partial charge in [-0.3, -0.25) is 18.7 Å². The van der Waals surface area contributed by atoms with E-state index >= 15 is 4.39 Å². The molecule has 0 bridgehead atoms. The lowest BCUT2D eigenvalue weighted by molar-refractivity contribution is -0.117. The number of benzene rings is 7. The quantitative estimate of drug-likeness (QED) is 0.0962. The van der Waals surface area contributed by atoms with E-state index in [1.165, 1.54) is 18.2 Å². The zero-order chi connectivity index (χ0) is 49.1. The second-order valence-electron chi connectivity index (χ2n) is 16.9. The summed E-state index contributed by atoms with van der Waals surface area (Å²) in [5.41, 5.74) is 6.86. The van der Waals surface area contributed by atoms with Crippen molar-refractivity contribution in [3.63, 3.8) is 0 Å². The summed E-state index contributed by atoms with van der Waals surface area (Å²) >= 11 is 0. The molecule has 1 saturated heterocycles. The third kappa shape index (κ3) is 9.91. The molecule has 0 spiro atoms. The molecule has 2 aromatic heterocycles. The van der Waals surface area contributed by atoms with Crippen LogP contribution in [0.4, 0.5) is 15.8 Å². The highest BCUT2D eigenvalue weighted by Crippen LogP contribution is 2.40. The van der Waals surface area contributed by atoms with Crippen LogP contribution >= 0.6 is 0 Å². The van der Waals surface area contributed by atoms with Gasteiger partial charge in [0.1, 0.15) is 43.5 Å². The summed E-state index contributed by atoms with van der Waals surface area (Å²) < 4.78 is 66.1. The average molecular weight is 969 g/mol.